The molecule has 2 aliphatic heterocycles. The Kier molecular flexibility index (Phi) is 8.14. The van der Waals surface area contributed by atoms with Gasteiger partial charge in [-0.25, -0.2) is 9.37 Å². The molecule has 2 aromatic heterocycles. The number of nitrogens with zero attached hydrogens (tertiary/aromatic N) is 2. The number of ether oxygens (including phenoxy) is 2. The molecule has 34 heavy (non-hydrogen) atoms. The second-order valence-corrected chi connectivity index (χ2v) is 9.67. The van der Waals surface area contributed by atoms with Crippen LogP contribution in [0.5, 0.6) is 0 Å². The Hall–Kier alpha value is -2.13. The van der Waals surface area contributed by atoms with Gasteiger partial charge in [-0.15, -0.1) is 0 Å². The van der Waals surface area contributed by atoms with Crippen LogP contribution in [0.15, 0.2) is 24.4 Å². The fourth-order valence-corrected chi connectivity index (χ4v) is 4.73. The molecule has 0 amide bonds. The van der Waals surface area contributed by atoms with Crippen LogP contribution >= 0.6 is 11.6 Å². The van der Waals surface area contributed by atoms with Gasteiger partial charge in [-0.3, -0.25) is 9.78 Å². The van der Waals surface area contributed by atoms with Gasteiger partial charge in [-0.2, -0.15) is 0 Å². The third-order valence-electron chi connectivity index (χ3n) is 6.92. The van der Waals surface area contributed by atoms with E-state index in [2.05, 4.69) is 27.5 Å². The fourth-order valence-electron chi connectivity index (χ4n) is 4.53. The van der Waals surface area contributed by atoms with E-state index in [4.69, 9.17) is 21.1 Å². The highest BCUT2D eigenvalue weighted by Gasteiger charge is 2.32. The number of halogens is 2. The van der Waals surface area contributed by atoms with E-state index in [1.54, 1.807) is 19.2 Å². The maximum absolute atomic E-state index is 14.6. The molecule has 2 aromatic rings. The van der Waals surface area contributed by atoms with Crippen LogP contribution in [0.2, 0.25) is 5.02 Å². The first-order chi connectivity index (χ1) is 16.4. The lowest BCUT2D eigenvalue weighted by molar-refractivity contribution is -0.122. The Labute approximate surface area is 204 Å². The Morgan fingerprint density at radius 3 is 2.85 bits per heavy atom. The van der Waals surface area contributed by atoms with Crippen LogP contribution in [-0.4, -0.2) is 60.8 Å². The highest BCUT2D eigenvalue weighted by Crippen LogP contribution is 2.30. The summed E-state index contributed by atoms with van der Waals surface area (Å²) in [5, 5.41) is 6.87. The normalized spacial score (nSPS) is 22.4. The Morgan fingerprint density at radius 1 is 1.35 bits per heavy atom. The molecule has 0 bridgehead atoms. The first kappa shape index (κ1) is 25.0. The zero-order valence-corrected chi connectivity index (χ0v) is 20.5. The van der Waals surface area contributed by atoms with Gasteiger partial charge in [0.15, 0.2) is 11.6 Å². The average Bonchev–Trinajstić information content (AvgIpc) is 2.86. The van der Waals surface area contributed by atoms with E-state index in [1.165, 1.54) is 12.3 Å². The Bertz CT molecular complexity index is 1010. The molecular weight excluding hydrogens is 459 g/mol. The highest BCUT2D eigenvalue weighted by atomic mass is 35.5. The molecule has 2 unspecified atom stereocenters. The van der Waals surface area contributed by atoms with Crippen molar-refractivity contribution in [2.75, 3.05) is 38.7 Å². The van der Waals surface area contributed by atoms with Gasteiger partial charge < -0.3 is 20.1 Å². The molecule has 0 aliphatic carbocycles. The summed E-state index contributed by atoms with van der Waals surface area (Å²) in [4.78, 5) is 21.6. The van der Waals surface area contributed by atoms with Gasteiger partial charge in [0.25, 0.3) is 0 Å². The first-order valence-corrected chi connectivity index (χ1v) is 12.2. The van der Waals surface area contributed by atoms with Gasteiger partial charge in [0.05, 0.1) is 16.3 Å². The fraction of sp³-hybridized carbons (Fsp3) is 0.560. The third kappa shape index (κ3) is 5.92. The van der Waals surface area contributed by atoms with Gasteiger partial charge in [-0.1, -0.05) is 11.6 Å². The number of anilines is 1. The number of nitrogens with one attached hydrogen (secondary N) is 2. The summed E-state index contributed by atoms with van der Waals surface area (Å²) in [6, 6.07) is 5.17. The van der Waals surface area contributed by atoms with Crippen molar-refractivity contribution >= 4 is 23.2 Å². The van der Waals surface area contributed by atoms with Crippen LogP contribution in [0.1, 0.15) is 38.3 Å². The summed E-state index contributed by atoms with van der Waals surface area (Å²) in [5.74, 6) is -0.166. The van der Waals surface area contributed by atoms with Crippen molar-refractivity contribution in [1.29, 1.82) is 0 Å². The summed E-state index contributed by atoms with van der Waals surface area (Å²) in [6.07, 6.45) is 5.08. The number of carbonyl (C=O) groups is 1. The van der Waals surface area contributed by atoms with Crippen LogP contribution in [0.3, 0.4) is 0 Å². The lowest BCUT2D eigenvalue weighted by Crippen LogP contribution is -2.44. The minimum atomic E-state index is -0.457. The van der Waals surface area contributed by atoms with E-state index in [-0.39, 0.29) is 23.9 Å². The molecule has 2 atom stereocenters. The number of hydrogen-bond donors (Lipinski definition) is 2. The first-order valence-electron chi connectivity index (χ1n) is 11.8. The number of piperidine rings is 1. The number of ketones is 1. The molecule has 4 heterocycles. The van der Waals surface area contributed by atoms with E-state index in [9.17, 15) is 9.18 Å². The van der Waals surface area contributed by atoms with Crippen molar-refractivity contribution in [3.63, 3.8) is 0 Å². The van der Waals surface area contributed by atoms with Crippen molar-refractivity contribution in [2.24, 2.45) is 5.92 Å². The van der Waals surface area contributed by atoms with Crippen molar-refractivity contribution in [1.82, 2.24) is 15.3 Å². The van der Waals surface area contributed by atoms with Crippen LogP contribution in [0, 0.1) is 11.7 Å². The Balaban J connectivity index is 1.49. The number of aromatic nitrogens is 2. The molecule has 9 heteroatoms. The third-order valence-corrected chi connectivity index (χ3v) is 7.22. The molecule has 2 aliphatic rings. The van der Waals surface area contributed by atoms with Crippen LogP contribution in [-0.2, 0) is 20.7 Å². The largest absolute Gasteiger partial charge is 0.381 e. The van der Waals surface area contributed by atoms with Crippen molar-refractivity contribution in [3.05, 3.63) is 40.9 Å². The van der Waals surface area contributed by atoms with Gasteiger partial charge in [0.1, 0.15) is 5.78 Å². The monoisotopic (exact) mass is 490 g/mol. The second-order valence-electron chi connectivity index (χ2n) is 9.26. The van der Waals surface area contributed by atoms with E-state index >= 15 is 0 Å². The lowest BCUT2D eigenvalue weighted by atomic mass is 9.90. The Morgan fingerprint density at radius 2 is 2.15 bits per heavy atom. The summed E-state index contributed by atoms with van der Waals surface area (Å²) >= 11 is 6.42. The van der Waals surface area contributed by atoms with E-state index in [0.29, 0.717) is 54.3 Å². The quantitative estimate of drug-likeness (QED) is 0.577. The van der Waals surface area contributed by atoms with Crippen molar-refractivity contribution < 1.29 is 18.7 Å². The summed E-state index contributed by atoms with van der Waals surface area (Å²) in [6.45, 7) is 4.46. The zero-order chi connectivity index (χ0) is 24.1. The molecule has 0 saturated carbocycles. The van der Waals surface area contributed by atoms with Crippen molar-refractivity contribution in [3.8, 4) is 11.3 Å². The molecule has 7 nitrogen and oxygen atoms in total. The predicted molar refractivity (Wildman–Crippen MR) is 130 cm³/mol. The standard InChI is InChI=1S/C25H32ClFN4O3/c1-16-3-4-17(13-28-16)23(32)12-18-11-19(20(26)14-29-18)22-6-5-21(27)24(31-22)30-15-25(33-2)7-9-34-10-8-25/h5-6,11,14,16-17,28H,3-4,7-10,12-13,15H2,1-2H3,(H,30,31). The maximum Gasteiger partial charge on any atom is 0.165 e. The minimum Gasteiger partial charge on any atom is -0.381 e. The molecule has 2 N–H and O–H groups in total. The molecule has 0 aromatic carbocycles. The smallest absolute Gasteiger partial charge is 0.165 e. The van der Waals surface area contributed by atoms with E-state index in [0.717, 1.165) is 25.7 Å². The zero-order valence-electron chi connectivity index (χ0n) is 19.7. The minimum absolute atomic E-state index is 0.00447. The maximum atomic E-state index is 14.6. The van der Waals surface area contributed by atoms with Crippen LogP contribution in [0.25, 0.3) is 11.3 Å². The number of methoxy groups -OCH3 is 1. The second kappa shape index (κ2) is 11.1. The predicted octanol–water partition coefficient (Wildman–Crippen LogP) is 4.04. The average molecular weight is 491 g/mol. The summed E-state index contributed by atoms with van der Waals surface area (Å²) in [7, 11) is 1.66. The van der Waals surface area contributed by atoms with Gasteiger partial charge in [0.2, 0.25) is 0 Å². The van der Waals surface area contributed by atoms with Gasteiger partial charge in [0, 0.05) is 82.1 Å². The molecular formula is C25H32ClFN4O3. The molecule has 0 spiro atoms. The number of Topliss-reactive ketones (excluding diaryl/α,β-unsaturated/α-hetero) is 1. The highest BCUT2D eigenvalue weighted by molar-refractivity contribution is 6.33. The van der Waals surface area contributed by atoms with Gasteiger partial charge in [-0.05, 0) is 38.0 Å². The molecule has 0 radical (unpaired) electrons. The SMILES string of the molecule is COC1(CNc2nc(-c3cc(CC(=O)C4CCC(C)NC4)ncc3Cl)ccc2F)CCOCC1. The molecule has 2 fully saturated rings. The van der Waals surface area contributed by atoms with E-state index in [1.807, 2.05) is 0 Å². The molecule has 2 saturated heterocycles. The number of rotatable bonds is 8. The van der Waals surface area contributed by atoms with Crippen LogP contribution in [0.4, 0.5) is 10.2 Å². The number of hydrogen-bond acceptors (Lipinski definition) is 7. The van der Waals surface area contributed by atoms with Crippen LogP contribution < -0.4 is 10.6 Å². The summed E-state index contributed by atoms with van der Waals surface area (Å²) in [5.41, 5.74) is 1.34. The molecule has 184 valence electrons. The number of pyridine rings is 2. The van der Waals surface area contributed by atoms with Gasteiger partial charge >= 0.3 is 0 Å². The topological polar surface area (TPSA) is 85.4 Å². The number of carbonyl (C=O) groups excluding carboxylic acids is 1. The van der Waals surface area contributed by atoms with E-state index < -0.39 is 11.4 Å². The summed E-state index contributed by atoms with van der Waals surface area (Å²) < 4.78 is 25.7. The lowest BCUT2D eigenvalue weighted by Gasteiger charge is -2.36. The molecule has 4 rings (SSSR count). The van der Waals surface area contributed by atoms with Crippen molar-refractivity contribution in [2.45, 2.75) is 50.7 Å².